The second-order valence-corrected chi connectivity index (χ2v) is 2.97. The van der Waals surface area contributed by atoms with Crippen molar-refractivity contribution in [2.75, 3.05) is 6.61 Å². The van der Waals surface area contributed by atoms with Crippen LogP contribution in [0, 0.1) is 0 Å². The van der Waals surface area contributed by atoms with Gasteiger partial charge in [0.15, 0.2) is 0 Å². The summed E-state index contributed by atoms with van der Waals surface area (Å²) >= 11 is 0. The van der Waals surface area contributed by atoms with Crippen molar-refractivity contribution in [3.05, 3.63) is 24.0 Å². The van der Waals surface area contributed by atoms with Crippen molar-refractivity contribution in [3.8, 4) is 0 Å². The highest BCUT2D eigenvalue weighted by atomic mass is 16.4. The van der Waals surface area contributed by atoms with Crippen LogP contribution >= 0.6 is 0 Å². The number of aliphatic hydroxyl groups is 1. The average molecular weight is 181 g/mol. The van der Waals surface area contributed by atoms with Gasteiger partial charge in [-0.2, -0.15) is 0 Å². The van der Waals surface area contributed by atoms with Crippen LogP contribution in [-0.2, 0) is 0 Å². The summed E-state index contributed by atoms with van der Waals surface area (Å²) < 4.78 is 0. The number of aliphatic hydroxyl groups excluding tert-OH is 1. The molecule has 1 atom stereocenters. The van der Waals surface area contributed by atoms with Crippen LogP contribution in [0.2, 0.25) is 0 Å². The number of nitrogens with zero attached hydrogens (tertiary/aromatic N) is 1. The summed E-state index contributed by atoms with van der Waals surface area (Å²) in [5, 5.41) is 26.4. The normalized spacial score (nSPS) is 12.6. The summed E-state index contributed by atoms with van der Waals surface area (Å²) in [6.45, 7) is 1.88. The average Bonchev–Trinajstić information content (AvgIpc) is 2.17. The molecule has 0 saturated carbocycles. The fraction of sp³-hybridized carbons (Fsp3) is 0.375. The first-order chi connectivity index (χ1) is 6.15. The predicted octanol–water partition coefficient (Wildman–Crippen LogP) is -1.14. The second kappa shape index (κ2) is 4.36. The summed E-state index contributed by atoms with van der Waals surface area (Å²) in [5.74, 6) is -0.0233. The van der Waals surface area contributed by atoms with E-state index in [-0.39, 0.29) is 12.5 Å². The van der Waals surface area contributed by atoms with Gasteiger partial charge in [-0.25, -0.2) is 0 Å². The van der Waals surface area contributed by atoms with E-state index < -0.39 is 7.12 Å². The lowest BCUT2D eigenvalue weighted by Gasteiger charge is -2.07. The van der Waals surface area contributed by atoms with Gasteiger partial charge >= 0.3 is 7.12 Å². The molecule has 0 amide bonds. The van der Waals surface area contributed by atoms with Crippen molar-refractivity contribution in [3.63, 3.8) is 0 Å². The Morgan fingerprint density at radius 2 is 2.15 bits per heavy atom. The Morgan fingerprint density at radius 3 is 2.54 bits per heavy atom. The van der Waals surface area contributed by atoms with Gasteiger partial charge in [0.1, 0.15) is 0 Å². The number of aromatic nitrogens is 1. The van der Waals surface area contributed by atoms with Gasteiger partial charge in [0.2, 0.25) is 0 Å². The summed E-state index contributed by atoms with van der Waals surface area (Å²) in [4.78, 5) is 3.99. The van der Waals surface area contributed by atoms with E-state index in [1.165, 1.54) is 6.20 Å². The molecule has 0 saturated heterocycles. The molecule has 0 aromatic carbocycles. The van der Waals surface area contributed by atoms with Crippen molar-refractivity contribution >= 4 is 12.6 Å². The van der Waals surface area contributed by atoms with E-state index in [4.69, 9.17) is 15.2 Å². The molecule has 5 heteroatoms. The molecule has 3 N–H and O–H groups in total. The fourth-order valence-electron chi connectivity index (χ4n) is 0.955. The maximum atomic E-state index is 8.83. The molecule has 0 aliphatic heterocycles. The van der Waals surface area contributed by atoms with E-state index in [0.29, 0.717) is 5.46 Å². The molecule has 13 heavy (non-hydrogen) atoms. The Morgan fingerprint density at radius 1 is 1.46 bits per heavy atom. The molecule has 1 aromatic heterocycles. The Labute approximate surface area is 77.0 Å². The lowest BCUT2D eigenvalue weighted by atomic mass is 9.81. The number of hydrogen-bond donors (Lipinski definition) is 3. The third-order valence-corrected chi connectivity index (χ3v) is 1.89. The molecule has 0 radical (unpaired) electrons. The molecule has 1 aromatic rings. The summed E-state index contributed by atoms with van der Waals surface area (Å²) in [6.07, 6.45) is 1.40. The van der Waals surface area contributed by atoms with Crippen LogP contribution in [0.15, 0.2) is 18.3 Å². The maximum absolute atomic E-state index is 8.83. The lowest BCUT2D eigenvalue weighted by Crippen LogP contribution is -2.30. The SMILES string of the molecule is CC(CO)c1ccc(B(O)O)cn1. The van der Waals surface area contributed by atoms with E-state index in [0.717, 1.165) is 5.69 Å². The molecule has 0 aliphatic carbocycles. The first kappa shape index (κ1) is 10.2. The van der Waals surface area contributed by atoms with Gasteiger partial charge in [-0.1, -0.05) is 13.0 Å². The van der Waals surface area contributed by atoms with Crippen LogP contribution in [0.25, 0.3) is 0 Å². The van der Waals surface area contributed by atoms with Crippen molar-refractivity contribution in [1.29, 1.82) is 0 Å². The van der Waals surface area contributed by atoms with E-state index >= 15 is 0 Å². The van der Waals surface area contributed by atoms with Crippen molar-refractivity contribution in [2.24, 2.45) is 0 Å². The van der Waals surface area contributed by atoms with Crippen molar-refractivity contribution < 1.29 is 15.2 Å². The minimum atomic E-state index is -1.48. The van der Waals surface area contributed by atoms with Crippen LogP contribution in [-0.4, -0.2) is 33.9 Å². The highest BCUT2D eigenvalue weighted by molar-refractivity contribution is 6.58. The number of hydrogen-bond acceptors (Lipinski definition) is 4. The standard InChI is InChI=1S/C8H12BNO3/c1-6(5-11)8-3-2-7(4-10-8)9(12)13/h2-4,6,11-13H,5H2,1H3. The van der Waals surface area contributed by atoms with Crippen LogP contribution in [0.3, 0.4) is 0 Å². The Hall–Kier alpha value is -0.905. The zero-order valence-electron chi connectivity index (χ0n) is 7.38. The third-order valence-electron chi connectivity index (χ3n) is 1.89. The molecule has 1 rings (SSSR count). The number of pyridine rings is 1. The highest BCUT2D eigenvalue weighted by Crippen LogP contribution is 2.08. The topological polar surface area (TPSA) is 73.6 Å². The first-order valence-electron chi connectivity index (χ1n) is 4.08. The zero-order chi connectivity index (χ0) is 9.84. The lowest BCUT2D eigenvalue weighted by molar-refractivity contribution is 0.271. The smallest absolute Gasteiger partial charge is 0.423 e. The second-order valence-electron chi connectivity index (χ2n) is 2.97. The van der Waals surface area contributed by atoms with Crippen LogP contribution < -0.4 is 5.46 Å². The van der Waals surface area contributed by atoms with E-state index in [9.17, 15) is 0 Å². The van der Waals surface area contributed by atoms with Gasteiger partial charge in [-0.3, -0.25) is 4.98 Å². The van der Waals surface area contributed by atoms with Gasteiger partial charge in [-0.05, 0) is 6.07 Å². The van der Waals surface area contributed by atoms with Gasteiger partial charge < -0.3 is 15.2 Å². The Kier molecular flexibility index (Phi) is 3.42. The quantitative estimate of drug-likeness (QED) is 0.515. The van der Waals surface area contributed by atoms with Crippen molar-refractivity contribution in [2.45, 2.75) is 12.8 Å². The van der Waals surface area contributed by atoms with Gasteiger partial charge in [0.25, 0.3) is 0 Å². The molecule has 0 fully saturated rings. The molecule has 70 valence electrons. The zero-order valence-corrected chi connectivity index (χ0v) is 7.38. The number of rotatable bonds is 3. The minimum Gasteiger partial charge on any atom is -0.423 e. The van der Waals surface area contributed by atoms with E-state index in [2.05, 4.69) is 4.98 Å². The Balaban J connectivity index is 2.81. The van der Waals surface area contributed by atoms with Crippen LogP contribution in [0.4, 0.5) is 0 Å². The van der Waals surface area contributed by atoms with Crippen LogP contribution in [0.1, 0.15) is 18.5 Å². The van der Waals surface area contributed by atoms with E-state index in [1.54, 1.807) is 12.1 Å². The van der Waals surface area contributed by atoms with Crippen molar-refractivity contribution in [1.82, 2.24) is 4.98 Å². The molecule has 0 bridgehead atoms. The van der Waals surface area contributed by atoms with Gasteiger partial charge in [-0.15, -0.1) is 0 Å². The molecule has 1 unspecified atom stereocenters. The first-order valence-corrected chi connectivity index (χ1v) is 4.08. The molecule has 1 heterocycles. The largest absolute Gasteiger partial charge is 0.490 e. The summed E-state index contributed by atoms with van der Waals surface area (Å²) in [7, 11) is -1.48. The monoisotopic (exact) mass is 181 g/mol. The Bertz CT molecular complexity index is 263. The maximum Gasteiger partial charge on any atom is 0.490 e. The molecule has 4 nitrogen and oxygen atoms in total. The predicted molar refractivity (Wildman–Crippen MR) is 49.6 cm³/mol. The summed E-state index contributed by atoms with van der Waals surface area (Å²) in [6, 6.07) is 3.26. The highest BCUT2D eigenvalue weighted by Gasteiger charge is 2.12. The molecule has 0 spiro atoms. The van der Waals surface area contributed by atoms with E-state index in [1.807, 2.05) is 6.92 Å². The van der Waals surface area contributed by atoms with Crippen LogP contribution in [0.5, 0.6) is 0 Å². The molecular formula is C8H12BNO3. The van der Waals surface area contributed by atoms with Gasteiger partial charge in [0.05, 0.1) is 6.61 Å². The van der Waals surface area contributed by atoms with Gasteiger partial charge in [0, 0.05) is 23.3 Å². The minimum absolute atomic E-state index is 0.0233. The third kappa shape index (κ3) is 2.52. The fourth-order valence-corrected chi connectivity index (χ4v) is 0.955. The molecular weight excluding hydrogens is 169 g/mol. The summed E-state index contributed by atoms with van der Waals surface area (Å²) in [5.41, 5.74) is 1.10. The molecule has 0 aliphatic rings.